The fourth-order valence-corrected chi connectivity index (χ4v) is 3.48. The zero-order valence-electron chi connectivity index (χ0n) is 13.4. The second kappa shape index (κ2) is 6.45. The lowest BCUT2D eigenvalue weighted by molar-refractivity contribution is -0.200. The van der Waals surface area contributed by atoms with E-state index in [9.17, 15) is 18.0 Å². The first kappa shape index (κ1) is 16.8. The summed E-state index contributed by atoms with van der Waals surface area (Å²) in [6.45, 7) is 0.175. The van der Waals surface area contributed by atoms with Crippen molar-refractivity contribution in [2.45, 2.75) is 38.4 Å². The fourth-order valence-electron chi connectivity index (χ4n) is 3.48. The number of rotatable bonds is 3. The highest BCUT2D eigenvalue weighted by molar-refractivity contribution is 5.79. The number of halogens is 3. The van der Waals surface area contributed by atoms with E-state index >= 15 is 0 Å². The van der Waals surface area contributed by atoms with Crippen molar-refractivity contribution in [1.29, 1.82) is 0 Å². The molecule has 1 aliphatic carbocycles. The molecule has 1 N–H and O–H groups in total. The number of hydrogen-bond donors (Lipinski definition) is 1. The van der Waals surface area contributed by atoms with Crippen LogP contribution in [0.4, 0.5) is 13.2 Å². The van der Waals surface area contributed by atoms with Crippen molar-refractivity contribution >= 4 is 16.9 Å². The summed E-state index contributed by atoms with van der Waals surface area (Å²) in [6, 6.07) is 7.44. The van der Waals surface area contributed by atoms with Gasteiger partial charge in [-0.1, -0.05) is 25.0 Å². The number of hydrogen-bond acceptors (Lipinski definition) is 2. The Morgan fingerprint density at radius 2 is 2.00 bits per heavy atom. The first-order chi connectivity index (χ1) is 11.4. The van der Waals surface area contributed by atoms with Crippen LogP contribution < -0.4 is 0 Å². The van der Waals surface area contributed by atoms with Gasteiger partial charge in [-0.15, -0.1) is 0 Å². The first-order valence-electron chi connectivity index (χ1n) is 8.11. The van der Waals surface area contributed by atoms with Crippen molar-refractivity contribution < 1.29 is 18.0 Å². The van der Waals surface area contributed by atoms with E-state index in [1.54, 1.807) is 0 Å². The topological polar surface area (TPSA) is 49.0 Å². The normalized spacial score (nSPS) is 21.8. The third-order valence-corrected chi connectivity index (χ3v) is 4.71. The average Bonchev–Trinajstić information content (AvgIpc) is 2.95. The summed E-state index contributed by atoms with van der Waals surface area (Å²) < 4.78 is 39.6. The van der Waals surface area contributed by atoms with Gasteiger partial charge in [0.2, 0.25) is 5.91 Å². The predicted octanol–water partition coefficient (Wildman–Crippen LogP) is 3.89. The van der Waals surface area contributed by atoms with Gasteiger partial charge in [0.25, 0.3) is 0 Å². The van der Waals surface area contributed by atoms with Crippen molar-refractivity contribution in [3.05, 3.63) is 30.1 Å². The number of benzene rings is 1. The van der Waals surface area contributed by atoms with E-state index in [-0.39, 0.29) is 13.0 Å². The van der Waals surface area contributed by atoms with Crippen LogP contribution in [0.15, 0.2) is 24.3 Å². The maximum atomic E-state index is 13.2. The molecule has 1 amide bonds. The molecule has 1 saturated carbocycles. The number of amides is 1. The Balaban J connectivity index is 1.73. The van der Waals surface area contributed by atoms with Crippen molar-refractivity contribution in [2.24, 2.45) is 11.8 Å². The number of nitrogens with zero attached hydrogens (tertiary/aromatic N) is 2. The summed E-state index contributed by atoms with van der Waals surface area (Å²) in [5, 5.41) is 0. The monoisotopic (exact) mass is 339 g/mol. The second-order valence-electron chi connectivity index (χ2n) is 6.43. The largest absolute Gasteiger partial charge is 0.392 e. The van der Waals surface area contributed by atoms with Gasteiger partial charge in [-0.2, -0.15) is 13.2 Å². The molecule has 0 unspecified atom stereocenters. The number of aromatic nitrogens is 2. The highest BCUT2D eigenvalue weighted by atomic mass is 19.4. The van der Waals surface area contributed by atoms with Crippen molar-refractivity contribution in [1.82, 2.24) is 14.9 Å². The summed E-state index contributed by atoms with van der Waals surface area (Å²) in [6.07, 6.45) is -2.78. The third-order valence-electron chi connectivity index (χ3n) is 4.71. The maximum Gasteiger partial charge on any atom is 0.392 e. The number of nitrogens with one attached hydrogen (secondary N) is 1. The number of alkyl halides is 3. The molecule has 2 aromatic rings. The van der Waals surface area contributed by atoms with E-state index in [1.807, 2.05) is 24.3 Å². The summed E-state index contributed by atoms with van der Waals surface area (Å²) in [5.41, 5.74) is 1.62. The highest BCUT2D eigenvalue weighted by Crippen LogP contribution is 2.42. The van der Waals surface area contributed by atoms with Crippen LogP contribution >= 0.6 is 0 Å². The predicted molar refractivity (Wildman–Crippen MR) is 84.1 cm³/mol. The number of H-pyrrole nitrogens is 1. The number of carbonyl (C=O) groups excluding carboxylic acids is 1. The van der Waals surface area contributed by atoms with Crippen LogP contribution in [0.5, 0.6) is 0 Å². The Morgan fingerprint density at radius 3 is 2.71 bits per heavy atom. The second-order valence-corrected chi connectivity index (χ2v) is 6.43. The molecule has 2 atom stereocenters. The molecule has 3 rings (SSSR count). The standard InChI is InChI=1S/C17H20F3N3O/c1-23(10-15-21-13-8-4-5-9-14(13)22-15)16(24)11-6-2-3-7-12(11)17(18,19)20/h4-5,8-9,11-12H,2-3,6-7,10H2,1H3,(H,21,22)/t11-,12+/m0/s1. The van der Waals surface area contributed by atoms with Crippen LogP contribution in [0.2, 0.25) is 0 Å². The van der Waals surface area contributed by atoms with Gasteiger partial charge >= 0.3 is 6.18 Å². The van der Waals surface area contributed by atoms with Gasteiger partial charge in [0.15, 0.2) is 0 Å². The van der Waals surface area contributed by atoms with Gasteiger partial charge in [-0.25, -0.2) is 4.98 Å². The summed E-state index contributed by atoms with van der Waals surface area (Å²) in [4.78, 5) is 21.4. The molecule has 24 heavy (non-hydrogen) atoms. The van der Waals surface area contributed by atoms with Gasteiger partial charge in [0, 0.05) is 13.0 Å². The van der Waals surface area contributed by atoms with Gasteiger partial charge in [-0.05, 0) is 25.0 Å². The Kier molecular flexibility index (Phi) is 4.51. The van der Waals surface area contributed by atoms with Crippen LogP contribution in [0.3, 0.4) is 0 Å². The lowest BCUT2D eigenvalue weighted by atomic mass is 9.78. The molecule has 0 bridgehead atoms. The third kappa shape index (κ3) is 3.39. The van der Waals surface area contributed by atoms with Gasteiger partial charge in [-0.3, -0.25) is 4.79 Å². The Labute approximate surface area is 138 Å². The molecule has 0 saturated heterocycles. The van der Waals surface area contributed by atoms with E-state index < -0.39 is 23.9 Å². The quantitative estimate of drug-likeness (QED) is 0.922. The molecule has 1 aromatic heterocycles. The van der Waals surface area contributed by atoms with Crippen molar-refractivity contribution in [3.63, 3.8) is 0 Å². The molecule has 1 fully saturated rings. The average molecular weight is 339 g/mol. The van der Waals surface area contributed by atoms with Crippen LogP contribution in [-0.2, 0) is 11.3 Å². The number of para-hydroxylation sites is 2. The minimum absolute atomic E-state index is 0.0401. The van der Waals surface area contributed by atoms with Crippen molar-refractivity contribution in [2.75, 3.05) is 7.05 Å². The van der Waals surface area contributed by atoms with E-state index in [2.05, 4.69) is 9.97 Å². The molecule has 130 valence electrons. The highest BCUT2D eigenvalue weighted by Gasteiger charge is 2.48. The molecule has 1 aliphatic rings. The van der Waals surface area contributed by atoms with Gasteiger partial charge in [0.1, 0.15) is 5.82 Å². The minimum Gasteiger partial charge on any atom is -0.340 e. The lowest BCUT2D eigenvalue weighted by Gasteiger charge is -2.34. The van der Waals surface area contributed by atoms with E-state index in [1.165, 1.54) is 11.9 Å². The Hall–Kier alpha value is -2.05. The smallest absolute Gasteiger partial charge is 0.340 e. The zero-order valence-corrected chi connectivity index (χ0v) is 13.4. The zero-order chi connectivity index (χ0) is 17.3. The van der Waals surface area contributed by atoms with E-state index in [4.69, 9.17) is 0 Å². The van der Waals surface area contributed by atoms with Crippen molar-refractivity contribution in [3.8, 4) is 0 Å². The molecule has 0 spiro atoms. The summed E-state index contributed by atoms with van der Waals surface area (Å²) in [7, 11) is 1.54. The number of aromatic amines is 1. The van der Waals surface area contributed by atoms with Gasteiger partial charge in [0.05, 0.1) is 23.5 Å². The molecule has 1 heterocycles. The molecule has 0 radical (unpaired) electrons. The van der Waals surface area contributed by atoms with E-state index in [0.29, 0.717) is 25.1 Å². The number of imidazole rings is 1. The molecular formula is C17H20F3N3O. The van der Waals surface area contributed by atoms with Crippen LogP contribution in [0.1, 0.15) is 31.5 Å². The lowest BCUT2D eigenvalue weighted by Crippen LogP contribution is -2.43. The van der Waals surface area contributed by atoms with Gasteiger partial charge < -0.3 is 9.88 Å². The van der Waals surface area contributed by atoms with Crippen LogP contribution in [0.25, 0.3) is 11.0 Å². The Bertz CT molecular complexity index is 692. The van der Waals surface area contributed by atoms with Crippen LogP contribution in [0, 0.1) is 11.8 Å². The number of carbonyl (C=O) groups is 1. The maximum absolute atomic E-state index is 13.2. The fraction of sp³-hybridized carbons (Fsp3) is 0.529. The molecule has 1 aromatic carbocycles. The van der Waals surface area contributed by atoms with E-state index in [0.717, 1.165) is 11.0 Å². The first-order valence-corrected chi connectivity index (χ1v) is 8.11. The summed E-state index contributed by atoms with van der Waals surface area (Å²) in [5.74, 6) is -2.38. The Morgan fingerprint density at radius 1 is 1.29 bits per heavy atom. The van der Waals surface area contributed by atoms with Crippen LogP contribution in [-0.4, -0.2) is 34.0 Å². The number of fused-ring (bicyclic) bond motifs is 1. The molecule has 4 nitrogen and oxygen atoms in total. The molecular weight excluding hydrogens is 319 g/mol. The summed E-state index contributed by atoms with van der Waals surface area (Å²) >= 11 is 0. The molecule has 7 heteroatoms. The molecule has 0 aliphatic heterocycles. The minimum atomic E-state index is -4.32. The SMILES string of the molecule is CN(Cc1nc2ccccc2[nH]1)C(=O)[C@H]1CCCC[C@H]1C(F)(F)F.